The first-order chi connectivity index (χ1) is 23.4. The Kier molecular flexibility index (Phi) is 11.9. The zero-order valence-electron chi connectivity index (χ0n) is 29.7. The summed E-state index contributed by atoms with van der Waals surface area (Å²) in [6.45, 7) is 16.7. The van der Waals surface area contributed by atoms with Gasteiger partial charge in [0.05, 0.1) is 17.9 Å². The zero-order valence-corrected chi connectivity index (χ0v) is 30.4. The molecule has 11 nitrogen and oxygen atoms in total. The fourth-order valence-electron chi connectivity index (χ4n) is 7.50. The standard InChI is InChI=1S/C37H50ClN5O6/c1-7-48-37(47)26(5)49-33-17-24(3)34(25(4)39-33)36(46)42-21-29-19-40(20-30(29)22-42)13-8-14-43(31-10-9-23(2)32(38)18-31)35(45)28-11-15-41(16-12-28)27(6)44/h9-10,17-18,26,28-30H,7-8,11-16,19-22H2,1-6H3. The minimum absolute atomic E-state index is 0.0199. The van der Waals surface area contributed by atoms with E-state index in [1.807, 2.05) is 46.7 Å². The van der Waals surface area contributed by atoms with Gasteiger partial charge in [-0.25, -0.2) is 9.78 Å². The number of aromatic nitrogens is 1. The van der Waals surface area contributed by atoms with E-state index in [4.69, 9.17) is 21.1 Å². The van der Waals surface area contributed by atoms with Gasteiger partial charge in [-0.2, -0.15) is 0 Å². The fraction of sp³-hybridized carbons (Fsp3) is 0.595. The van der Waals surface area contributed by atoms with E-state index < -0.39 is 12.1 Å². The van der Waals surface area contributed by atoms with Crippen molar-refractivity contribution in [2.24, 2.45) is 17.8 Å². The molecular formula is C37H50ClN5O6. The molecule has 3 aliphatic heterocycles. The summed E-state index contributed by atoms with van der Waals surface area (Å²) in [5, 5.41) is 0.641. The number of halogens is 1. The van der Waals surface area contributed by atoms with E-state index in [2.05, 4.69) is 9.88 Å². The average Bonchev–Trinajstić information content (AvgIpc) is 3.63. The molecule has 1 aromatic carbocycles. The van der Waals surface area contributed by atoms with Crippen molar-refractivity contribution in [1.29, 1.82) is 0 Å². The Balaban J connectivity index is 1.15. The summed E-state index contributed by atoms with van der Waals surface area (Å²) in [5.74, 6) is 0.645. The van der Waals surface area contributed by atoms with Crippen molar-refractivity contribution in [1.82, 2.24) is 19.7 Å². The normalized spacial score (nSPS) is 20.2. The number of aryl methyl sites for hydroxylation is 3. The van der Waals surface area contributed by atoms with E-state index in [1.54, 1.807) is 33.8 Å². The molecule has 49 heavy (non-hydrogen) atoms. The van der Waals surface area contributed by atoms with Crippen LogP contribution < -0.4 is 9.64 Å². The molecule has 0 radical (unpaired) electrons. The Labute approximate surface area is 294 Å². The molecule has 0 spiro atoms. The summed E-state index contributed by atoms with van der Waals surface area (Å²) in [7, 11) is 0. The molecule has 3 aliphatic rings. The SMILES string of the molecule is CCOC(=O)C(C)Oc1cc(C)c(C(=O)N2CC3CN(CCCN(C(=O)C4CCN(C(C)=O)CC4)c4ccc(C)c(Cl)c4)CC3C2)c(C)n1. The van der Waals surface area contributed by atoms with Gasteiger partial charge in [0.1, 0.15) is 0 Å². The molecule has 3 unspecified atom stereocenters. The van der Waals surface area contributed by atoms with Crippen LogP contribution in [-0.4, -0.2) is 108 Å². The van der Waals surface area contributed by atoms with Crippen molar-refractivity contribution in [2.75, 3.05) is 63.9 Å². The topological polar surface area (TPSA) is 113 Å². The number of benzene rings is 1. The van der Waals surface area contributed by atoms with E-state index in [0.717, 1.165) is 42.9 Å². The number of amides is 3. The number of anilines is 1. The third-order valence-corrected chi connectivity index (χ3v) is 10.6. The molecule has 266 valence electrons. The van der Waals surface area contributed by atoms with E-state index in [1.165, 1.54) is 0 Å². The smallest absolute Gasteiger partial charge is 0.347 e. The number of rotatable bonds is 11. The number of nitrogens with zero attached hydrogens (tertiary/aromatic N) is 5. The van der Waals surface area contributed by atoms with Gasteiger partial charge in [0, 0.05) is 75.4 Å². The molecule has 5 rings (SSSR count). The van der Waals surface area contributed by atoms with Gasteiger partial charge < -0.3 is 29.1 Å². The maximum Gasteiger partial charge on any atom is 0.347 e. The first-order valence-electron chi connectivity index (χ1n) is 17.5. The van der Waals surface area contributed by atoms with E-state index in [-0.39, 0.29) is 30.2 Å². The minimum Gasteiger partial charge on any atom is -0.463 e. The predicted molar refractivity (Wildman–Crippen MR) is 188 cm³/mol. The molecule has 4 heterocycles. The molecule has 0 N–H and O–H groups in total. The average molecular weight is 696 g/mol. The van der Waals surface area contributed by atoms with Crippen LogP contribution >= 0.6 is 11.6 Å². The highest BCUT2D eigenvalue weighted by molar-refractivity contribution is 6.31. The summed E-state index contributed by atoms with van der Waals surface area (Å²) >= 11 is 6.49. The lowest BCUT2D eigenvalue weighted by Crippen LogP contribution is -2.44. The van der Waals surface area contributed by atoms with Crippen LogP contribution in [0.2, 0.25) is 5.02 Å². The number of ether oxygens (including phenoxy) is 2. The van der Waals surface area contributed by atoms with Crippen LogP contribution in [0.25, 0.3) is 0 Å². The number of hydrogen-bond donors (Lipinski definition) is 0. The zero-order chi connectivity index (χ0) is 35.4. The van der Waals surface area contributed by atoms with E-state index >= 15 is 0 Å². The van der Waals surface area contributed by atoms with Crippen LogP contribution in [0.15, 0.2) is 24.3 Å². The molecule has 3 saturated heterocycles. The van der Waals surface area contributed by atoms with Crippen molar-refractivity contribution >= 4 is 41.0 Å². The monoisotopic (exact) mass is 695 g/mol. The summed E-state index contributed by atoms with van der Waals surface area (Å²) in [6.07, 6.45) is 1.36. The van der Waals surface area contributed by atoms with Gasteiger partial charge in [-0.15, -0.1) is 0 Å². The number of hydrogen-bond acceptors (Lipinski definition) is 8. The quantitative estimate of drug-likeness (QED) is 0.312. The highest BCUT2D eigenvalue weighted by Gasteiger charge is 2.42. The Hall–Kier alpha value is -3.70. The number of fused-ring (bicyclic) bond motifs is 1. The van der Waals surface area contributed by atoms with Gasteiger partial charge in [-0.1, -0.05) is 17.7 Å². The second kappa shape index (κ2) is 15.9. The van der Waals surface area contributed by atoms with Crippen LogP contribution in [-0.2, 0) is 19.1 Å². The Bertz CT molecular complexity index is 1520. The van der Waals surface area contributed by atoms with E-state index in [0.29, 0.717) is 79.6 Å². The minimum atomic E-state index is -0.796. The number of piperidine rings is 1. The van der Waals surface area contributed by atoms with Crippen molar-refractivity contribution < 1.29 is 28.7 Å². The third-order valence-electron chi connectivity index (χ3n) is 10.2. The highest BCUT2D eigenvalue weighted by atomic mass is 35.5. The Morgan fingerprint density at radius 3 is 2.24 bits per heavy atom. The molecule has 0 saturated carbocycles. The number of likely N-dealkylation sites (tertiary alicyclic amines) is 3. The van der Waals surface area contributed by atoms with Crippen molar-refractivity contribution in [3.05, 3.63) is 51.7 Å². The number of carbonyl (C=O) groups excluding carboxylic acids is 4. The second-order valence-electron chi connectivity index (χ2n) is 13.8. The van der Waals surface area contributed by atoms with Crippen molar-refractivity contribution in [3.8, 4) is 5.88 Å². The first kappa shape index (κ1) is 36.6. The number of pyridine rings is 1. The van der Waals surface area contributed by atoms with Gasteiger partial charge in [-0.05, 0) is 95.5 Å². The van der Waals surface area contributed by atoms with Crippen LogP contribution in [0.4, 0.5) is 5.69 Å². The summed E-state index contributed by atoms with van der Waals surface area (Å²) in [4.78, 5) is 64.0. The van der Waals surface area contributed by atoms with Gasteiger partial charge in [-0.3, -0.25) is 14.4 Å². The van der Waals surface area contributed by atoms with Crippen LogP contribution in [0.5, 0.6) is 5.88 Å². The summed E-state index contributed by atoms with van der Waals surface area (Å²) in [6, 6.07) is 7.52. The lowest BCUT2D eigenvalue weighted by molar-refractivity contribution is -0.150. The lowest BCUT2D eigenvalue weighted by atomic mass is 9.94. The molecule has 0 bridgehead atoms. The molecule has 3 atom stereocenters. The predicted octanol–water partition coefficient (Wildman–Crippen LogP) is 4.68. The van der Waals surface area contributed by atoms with Crippen LogP contribution in [0.3, 0.4) is 0 Å². The number of esters is 1. The molecule has 2 aromatic rings. The maximum absolute atomic E-state index is 13.8. The van der Waals surface area contributed by atoms with Crippen LogP contribution in [0, 0.1) is 38.5 Å². The molecule has 12 heteroatoms. The number of carbonyl (C=O) groups is 4. The molecule has 1 aromatic heterocycles. The fourth-order valence-corrected chi connectivity index (χ4v) is 7.67. The van der Waals surface area contributed by atoms with Gasteiger partial charge in [0.15, 0.2) is 6.10 Å². The molecule has 0 aliphatic carbocycles. The van der Waals surface area contributed by atoms with Gasteiger partial charge >= 0.3 is 5.97 Å². The highest BCUT2D eigenvalue weighted by Crippen LogP contribution is 2.34. The Morgan fingerprint density at radius 2 is 1.65 bits per heavy atom. The third kappa shape index (κ3) is 8.55. The summed E-state index contributed by atoms with van der Waals surface area (Å²) < 4.78 is 10.7. The Morgan fingerprint density at radius 1 is 0.980 bits per heavy atom. The second-order valence-corrected chi connectivity index (χ2v) is 14.2. The van der Waals surface area contributed by atoms with Gasteiger partial charge in [0.2, 0.25) is 17.7 Å². The summed E-state index contributed by atoms with van der Waals surface area (Å²) in [5.41, 5.74) is 3.71. The van der Waals surface area contributed by atoms with Crippen molar-refractivity contribution in [2.45, 2.75) is 66.9 Å². The lowest BCUT2D eigenvalue weighted by Gasteiger charge is -2.34. The van der Waals surface area contributed by atoms with Crippen LogP contribution in [0.1, 0.15) is 67.2 Å². The van der Waals surface area contributed by atoms with Gasteiger partial charge in [0.25, 0.3) is 5.91 Å². The maximum atomic E-state index is 13.8. The molecular weight excluding hydrogens is 646 g/mol. The first-order valence-corrected chi connectivity index (χ1v) is 17.9. The molecule has 3 fully saturated rings. The largest absolute Gasteiger partial charge is 0.463 e. The van der Waals surface area contributed by atoms with E-state index in [9.17, 15) is 19.2 Å². The molecule has 3 amide bonds. The van der Waals surface area contributed by atoms with Crippen molar-refractivity contribution in [3.63, 3.8) is 0 Å².